The quantitative estimate of drug-likeness (QED) is 0.653. The maximum absolute atomic E-state index is 5.39. The number of aryl methyl sites for hydroxylation is 1. The summed E-state index contributed by atoms with van der Waals surface area (Å²) in [6.45, 7) is 0. The van der Waals surface area contributed by atoms with Crippen LogP contribution in [0.25, 0.3) is 11.5 Å². The summed E-state index contributed by atoms with van der Waals surface area (Å²) in [6, 6.07) is 0. The Hall–Kier alpha value is -1.98. The third-order valence-corrected chi connectivity index (χ3v) is 1.63. The van der Waals surface area contributed by atoms with Gasteiger partial charge in [-0.15, -0.1) is 5.10 Å². The molecule has 66 valence electrons. The van der Waals surface area contributed by atoms with Crippen LogP contribution in [-0.4, -0.2) is 24.7 Å². The normalized spacial score (nSPS) is 10.2. The molecule has 2 heterocycles. The average molecular weight is 176 g/mol. The van der Waals surface area contributed by atoms with E-state index >= 15 is 0 Å². The molecule has 0 aromatic carbocycles. The highest BCUT2D eigenvalue weighted by Gasteiger charge is 2.05. The lowest BCUT2D eigenvalue weighted by Crippen LogP contribution is -2.01. The first-order valence-corrected chi connectivity index (χ1v) is 3.70. The number of rotatable bonds is 1. The van der Waals surface area contributed by atoms with Gasteiger partial charge in [-0.05, 0) is 0 Å². The Balaban J connectivity index is 2.53. The van der Waals surface area contributed by atoms with Crippen molar-refractivity contribution in [2.24, 2.45) is 7.05 Å². The van der Waals surface area contributed by atoms with Crippen LogP contribution in [0.5, 0.6) is 0 Å². The van der Waals surface area contributed by atoms with E-state index in [1.54, 1.807) is 6.20 Å². The highest BCUT2D eigenvalue weighted by atomic mass is 15.2. The molecule has 0 aliphatic rings. The van der Waals surface area contributed by atoms with E-state index < -0.39 is 0 Å². The van der Waals surface area contributed by atoms with Crippen molar-refractivity contribution in [3.05, 3.63) is 18.6 Å². The van der Waals surface area contributed by atoms with Gasteiger partial charge in [-0.3, -0.25) is 0 Å². The van der Waals surface area contributed by atoms with Crippen LogP contribution in [0, 0.1) is 0 Å². The van der Waals surface area contributed by atoms with Gasteiger partial charge >= 0.3 is 0 Å². The van der Waals surface area contributed by atoms with Gasteiger partial charge in [0.25, 0.3) is 0 Å². The standard InChI is InChI=1S/C7H8N6/c1-13-3-2-9-6(13)5-4-10-12-7(8)11-5/h2-4H,1H3,(H2,8,11,12). The Morgan fingerprint density at radius 3 is 2.92 bits per heavy atom. The maximum Gasteiger partial charge on any atom is 0.240 e. The van der Waals surface area contributed by atoms with Gasteiger partial charge in [0.2, 0.25) is 5.95 Å². The van der Waals surface area contributed by atoms with Crippen LogP contribution < -0.4 is 5.73 Å². The molecule has 6 heteroatoms. The second kappa shape index (κ2) is 2.81. The van der Waals surface area contributed by atoms with E-state index in [9.17, 15) is 0 Å². The molecule has 0 aliphatic carbocycles. The van der Waals surface area contributed by atoms with Crippen molar-refractivity contribution in [3.63, 3.8) is 0 Å². The molecule has 0 atom stereocenters. The minimum atomic E-state index is 0.153. The summed E-state index contributed by atoms with van der Waals surface area (Å²) >= 11 is 0. The number of hydrogen-bond acceptors (Lipinski definition) is 5. The molecule has 0 radical (unpaired) electrons. The molecular formula is C7H8N6. The first-order valence-electron chi connectivity index (χ1n) is 3.70. The van der Waals surface area contributed by atoms with Gasteiger partial charge in [-0.1, -0.05) is 0 Å². The second-order valence-corrected chi connectivity index (χ2v) is 2.56. The summed E-state index contributed by atoms with van der Waals surface area (Å²) in [5.74, 6) is 0.877. The van der Waals surface area contributed by atoms with Gasteiger partial charge in [0.15, 0.2) is 5.82 Å². The van der Waals surface area contributed by atoms with Gasteiger partial charge in [0.1, 0.15) is 5.69 Å². The lowest BCUT2D eigenvalue weighted by molar-refractivity contribution is 0.903. The van der Waals surface area contributed by atoms with E-state index in [4.69, 9.17) is 5.73 Å². The number of nitrogen functional groups attached to an aromatic ring is 1. The van der Waals surface area contributed by atoms with Crippen molar-refractivity contribution < 1.29 is 0 Å². The predicted octanol–water partition coefficient (Wildman–Crippen LogP) is -0.146. The first kappa shape index (κ1) is 7.66. The zero-order valence-electron chi connectivity index (χ0n) is 7.05. The van der Waals surface area contributed by atoms with E-state index in [0.717, 1.165) is 5.82 Å². The fourth-order valence-corrected chi connectivity index (χ4v) is 1.04. The molecule has 0 spiro atoms. The van der Waals surface area contributed by atoms with Gasteiger partial charge < -0.3 is 10.3 Å². The molecule has 2 rings (SSSR count). The highest BCUT2D eigenvalue weighted by Crippen LogP contribution is 2.11. The molecule has 0 saturated heterocycles. The smallest absolute Gasteiger partial charge is 0.240 e. The van der Waals surface area contributed by atoms with Crippen LogP contribution >= 0.6 is 0 Å². The Labute approximate surface area is 74.5 Å². The molecule has 13 heavy (non-hydrogen) atoms. The maximum atomic E-state index is 5.39. The van der Waals surface area contributed by atoms with Crippen LogP contribution in [0.2, 0.25) is 0 Å². The van der Waals surface area contributed by atoms with Crippen LogP contribution in [0.4, 0.5) is 5.95 Å². The van der Waals surface area contributed by atoms with Crippen molar-refractivity contribution in [2.45, 2.75) is 0 Å². The third-order valence-electron chi connectivity index (χ3n) is 1.63. The monoisotopic (exact) mass is 176 g/mol. The molecule has 0 fully saturated rings. The molecular weight excluding hydrogens is 168 g/mol. The Morgan fingerprint density at radius 1 is 1.46 bits per heavy atom. The van der Waals surface area contributed by atoms with Gasteiger partial charge in [-0.2, -0.15) is 5.10 Å². The molecule has 2 aromatic heterocycles. The average Bonchev–Trinajstić information content (AvgIpc) is 2.51. The van der Waals surface area contributed by atoms with E-state index in [1.807, 2.05) is 17.8 Å². The Bertz CT molecular complexity index is 420. The SMILES string of the molecule is Cn1ccnc1-c1cnnc(N)n1. The fourth-order valence-electron chi connectivity index (χ4n) is 1.04. The topological polar surface area (TPSA) is 82.5 Å². The molecule has 0 aliphatic heterocycles. The zero-order chi connectivity index (χ0) is 9.26. The van der Waals surface area contributed by atoms with E-state index in [0.29, 0.717) is 5.69 Å². The first-order chi connectivity index (χ1) is 6.27. The zero-order valence-corrected chi connectivity index (χ0v) is 7.05. The highest BCUT2D eigenvalue weighted by molar-refractivity contribution is 5.48. The number of nitrogens with two attached hydrogens (primary N) is 1. The molecule has 0 unspecified atom stereocenters. The van der Waals surface area contributed by atoms with Gasteiger partial charge in [-0.25, -0.2) is 9.97 Å². The minimum absolute atomic E-state index is 0.153. The summed E-state index contributed by atoms with van der Waals surface area (Å²) in [4.78, 5) is 8.10. The van der Waals surface area contributed by atoms with Gasteiger partial charge in [0, 0.05) is 19.4 Å². The van der Waals surface area contributed by atoms with E-state index in [-0.39, 0.29) is 5.95 Å². The lowest BCUT2D eigenvalue weighted by Gasteiger charge is -1.99. The van der Waals surface area contributed by atoms with Crippen LogP contribution in [0.3, 0.4) is 0 Å². The number of imidazole rings is 1. The van der Waals surface area contributed by atoms with E-state index in [1.165, 1.54) is 6.20 Å². The summed E-state index contributed by atoms with van der Waals surface area (Å²) in [5, 5.41) is 7.25. The number of nitrogens with zero attached hydrogens (tertiary/aromatic N) is 5. The lowest BCUT2D eigenvalue weighted by atomic mass is 10.4. The van der Waals surface area contributed by atoms with Crippen molar-refractivity contribution in [1.29, 1.82) is 0 Å². The Morgan fingerprint density at radius 2 is 2.31 bits per heavy atom. The third kappa shape index (κ3) is 1.33. The minimum Gasteiger partial charge on any atom is -0.366 e. The predicted molar refractivity (Wildman–Crippen MR) is 46.4 cm³/mol. The summed E-state index contributed by atoms with van der Waals surface area (Å²) in [5.41, 5.74) is 6.02. The van der Waals surface area contributed by atoms with Gasteiger partial charge in [0.05, 0.1) is 6.20 Å². The number of hydrogen-bond donors (Lipinski definition) is 1. The molecule has 2 N–H and O–H groups in total. The molecule has 0 amide bonds. The van der Waals surface area contributed by atoms with E-state index in [2.05, 4.69) is 20.2 Å². The summed E-state index contributed by atoms with van der Waals surface area (Å²) in [7, 11) is 1.88. The fraction of sp³-hybridized carbons (Fsp3) is 0.143. The van der Waals surface area contributed by atoms with Crippen LogP contribution in [0.15, 0.2) is 18.6 Å². The molecule has 0 saturated carbocycles. The molecule has 0 bridgehead atoms. The van der Waals surface area contributed by atoms with Crippen molar-refractivity contribution in [3.8, 4) is 11.5 Å². The summed E-state index contributed by atoms with van der Waals surface area (Å²) < 4.78 is 1.84. The van der Waals surface area contributed by atoms with Crippen LogP contribution in [-0.2, 0) is 7.05 Å². The number of aromatic nitrogens is 5. The Kier molecular flexibility index (Phi) is 1.66. The second-order valence-electron chi connectivity index (χ2n) is 2.56. The van der Waals surface area contributed by atoms with Crippen molar-refractivity contribution in [1.82, 2.24) is 24.7 Å². The number of anilines is 1. The van der Waals surface area contributed by atoms with Crippen LogP contribution in [0.1, 0.15) is 0 Å². The molecule has 6 nitrogen and oxygen atoms in total. The molecule has 2 aromatic rings. The largest absolute Gasteiger partial charge is 0.366 e. The summed E-state index contributed by atoms with van der Waals surface area (Å²) in [6.07, 6.45) is 5.04. The van der Waals surface area contributed by atoms with Crippen molar-refractivity contribution in [2.75, 3.05) is 5.73 Å². The van der Waals surface area contributed by atoms with Crippen molar-refractivity contribution >= 4 is 5.95 Å².